The molecular formula is C12H14N4S2. The van der Waals surface area contributed by atoms with E-state index in [1.165, 1.54) is 12.8 Å². The van der Waals surface area contributed by atoms with Crippen LogP contribution in [0.25, 0.3) is 10.7 Å². The molecule has 2 heterocycles. The molecule has 1 aliphatic rings. The fourth-order valence-corrected chi connectivity index (χ4v) is 3.16. The number of hydrogen-bond acceptors (Lipinski definition) is 6. The van der Waals surface area contributed by atoms with Gasteiger partial charge in [0.15, 0.2) is 5.01 Å². The van der Waals surface area contributed by atoms with Gasteiger partial charge in [0, 0.05) is 17.5 Å². The lowest BCUT2D eigenvalue weighted by molar-refractivity contribution is 0.937. The van der Waals surface area contributed by atoms with Crippen LogP contribution >= 0.6 is 23.1 Å². The Labute approximate surface area is 114 Å². The first-order valence-electron chi connectivity index (χ1n) is 5.85. The standard InChI is InChI=1S/C12H14N4S2/c1-17-12(5-6-12)8-14-11-16-15-10(18-11)9-4-2-3-7-13-9/h2-4,7H,5-6,8H2,1H3,(H,14,16). The van der Waals surface area contributed by atoms with Crippen molar-refractivity contribution in [1.29, 1.82) is 0 Å². The van der Waals surface area contributed by atoms with Gasteiger partial charge in [0.1, 0.15) is 5.69 Å². The molecule has 6 heteroatoms. The van der Waals surface area contributed by atoms with E-state index in [2.05, 4.69) is 26.8 Å². The molecule has 2 aromatic rings. The Morgan fingerprint density at radius 3 is 2.94 bits per heavy atom. The molecule has 1 saturated carbocycles. The van der Waals surface area contributed by atoms with Crippen molar-refractivity contribution in [3.63, 3.8) is 0 Å². The molecule has 0 atom stereocenters. The Kier molecular flexibility index (Phi) is 3.22. The van der Waals surface area contributed by atoms with Gasteiger partial charge in [-0.15, -0.1) is 10.2 Å². The van der Waals surface area contributed by atoms with Crippen molar-refractivity contribution < 1.29 is 0 Å². The number of pyridine rings is 1. The van der Waals surface area contributed by atoms with Crippen LogP contribution in [0.4, 0.5) is 5.13 Å². The van der Waals surface area contributed by atoms with E-state index >= 15 is 0 Å². The predicted octanol–water partition coefficient (Wildman–Crippen LogP) is 2.91. The van der Waals surface area contributed by atoms with Crippen LogP contribution in [-0.4, -0.2) is 32.7 Å². The van der Waals surface area contributed by atoms with Crippen LogP contribution in [0.1, 0.15) is 12.8 Å². The van der Waals surface area contributed by atoms with Crippen LogP contribution < -0.4 is 5.32 Å². The third-order valence-electron chi connectivity index (χ3n) is 3.11. The van der Waals surface area contributed by atoms with E-state index < -0.39 is 0 Å². The molecule has 0 saturated heterocycles. The van der Waals surface area contributed by atoms with Crippen LogP contribution in [0, 0.1) is 0 Å². The summed E-state index contributed by atoms with van der Waals surface area (Å²) in [4.78, 5) is 4.28. The van der Waals surface area contributed by atoms with E-state index in [9.17, 15) is 0 Å². The minimum atomic E-state index is 0.441. The highest BCUT2D eigenvalue weighted by Crippen LogP contribution is 2.47. The highest BCUT2D eigenvalue weighted by atomic mass is 32.2. The van der Waals surface area contributed by atoms with E-state index in [-0.39, 0.29) is 0 Å². The van der Waals surface area contributed by atoms with Crippen molar-refractivity contribution in [3.05, 3.63) is 24.4 Å². The summed E-state index contributed by atoms with van der Waals surface area (Å²) in [6, 6.07) is 5.82. The summed E-state index contributed by atoms with van der Waals surface area (Å²) in [5.41, 5.74) is 0.883. The number of anilines is 1. The summed E-state index contributed by atoms with van der Waals surface area (Å²) in [7, 11) is 0. The summed E-state index contributed by atoms with van der Waals surface area (Å²) in [5, 5.41) is 13.5. The van der Waals surface area contributed by atoms with Crippen molar-refractivity contribution >= 4 is 28.2 Å². The summed E-state index contributed by atoms with van der Waals surface area (Å²) < 4.78 is 0.441. The Bertz CT molecular complexity index is 522. The largest absolute Gasteiger partial charge is 0.359 e. The first kappa shape index (κ1) is 11.9. The van der Waals surface area contributed by atoms with Crippen molar-refractivity contribution in [2.75, 3.05) is 18.1 Å². The molecule has 0 aliphatic heterocycles. The zero-order chi connectivity index (χ0) is 12.4. The van der Waals surface area contributed by atoms with Crippen LogP contribution in [0.2, 0.25) is 0 Å². The lowest BCUT2D eigenvalue weighted by Crippen LogP contribution is -2.17. The van der Waals surface area contributed by atoms with Crippen molar-refractivity contribution in [1.82, 2.24) is 15.2 Å². The molecule has 0 aromatic carbocycles. The fourth-order valence-electron chi connectivity index (χ4n) is 1.72. The Hall–Kier alpha value is -1.14. The number of nitrogens with zero attached hydrogens (tertiary/aromatic N) is 3. The molecule has 3 rings (SSSR count). The third kappa shape index (κ3) is 2.49. The molecule has 0 radical (unpaired) electrons. The molecule has 1 N–H and O–H groups in total. The Morgan fingerprint density at radius 1 is 1.39 bits per heavy atom. The summed E-state index contributed by atoms with van der Waals surface area (Å²) in [6.07, 6.45) is 6.55. The van der Waals surface area contributed by atoms with Gasteiger partial charge in [0.05, 0.1) is 0 Å². The molecule has 94 valence electrons. The van der Waals surface area contributed by atoms with Crippen molar-refractivity contribution in [2.45, 2.75) is 17.6 Å². The van der Waals surface area contributed by atoms with Gasteiger partial charge in [0.25, 0.3) is 0 Å². The molecule has 0 unspecified atom stereocenters. The van der Waals surface area contributed by atoms with E-state index in [1.54, 1.807) is 17.5 Å². The minimum absolute atomic E-state index is 0.441. The predicted molar refractivity (Wildman–Crippen MR) is 77.1 cm³/mol. The van der Waals surface area contributed by atoms with Crippen molar-refractivity contribution in [3.8, 4) is 10.7 Å². The van der Waals surface area contributed by atoms with Gasteiger partial charge in [-0.25, -0.2) is 0 Å². The van der Waals surface area contributed by atoms with E-state index in [4.69, 9.17) is 0 Å². The monoisotopic (exact) mass is 278 g/mol. The number of hydrogen-bond donors (Lipinski definition) is 1. The maximum absolute atomic E-state index is 4.28. The second kappa shape index (κ2) is 4.85. The first-order chi connectivity index (χ1) is 8.81. The summed E-state index contributed by atoms with van der Waals surface area (Å²) in [5.74, 6) is 0. The van der Waals surface area contributed by atoms with E-state index in [0.717, 1.165) is 22.4 Å². The first-order valence-corrected chi connectivity index (χ1v) is 7.89. The van der Waals surface area contributed by atoms with Gasteiger partial charge in [-0.2, -0.15) is 11.8 Å². The lowest BCUT2D eigenvalue weighted by Gasteiger charge is -2.11. The highest BCUT2D eigenvalue weighted by molar-refractivity contribution is 8.00. The highest BCUT2D eigenvalue weighted by Gasteiger charge is 2.41. The maximum atomic E-state index is 4.28. The van der Waals surface area contributed by atoms with Crippen LogP contribution in [-0.2, 0) is 0 Å². The van der Waals surface area contributed by atoms with Gasteiger partial charge in [-0.05, 0) is 31.2 Å². The zero-order valence-electron chi connectivity index (χ0n) is 10.1. The summed E-state index contributed by atoms with van der Waals surface area (Å²) >= 11 is 3.50. The van der Waals surface area contributed by atoms with Crippen LogP contribution in [0.3, 0.4) is 0 Å². The van der Waals surface area contributed by atoms with E-state index in [1.807, 2.05) is 30.0 Å². The average molecular weight is 278 g/mol. The normalized spacial score (nSPS) is 16.5. The van der Waals surface area contributed by atoms with Gasteiger partial charge in [-0.1, -0.05) is 17.4 Å². The Morgan fingerprint density at radius 2 is 2.28 bits per heavy atom. The molecule has 0 amide bonds. The average Bonchev–Trinajstić information content (AvgIpc) is 3.07. The second-order valence-corrected chi connectivity index (χ2v) is 6.62. The maximum Gasteiger partial charge on any atom is 0.206 e. The quantitative estimate of drug-likeness (QED) is 0.911. The van der Waals surface area contributed by atoms with Gasteiger partial charge >= 0.3 is 0 Å². The SMILES string of the molecule is CSC1(CNc2nnc(-c3ccccn3)s2)CC1. The molecule has 18 heavy (non-hydrogen) atoms. The molecule has 2 aromatic heterocycles. The minimum Gasteiger partial charge on any atom is -0.359 e. The summed E-state index contributed by atoms with van der Waals surface area (Å²) in [6.45, 7) is 0.977. The fraction of sp³-hybridized carbons (Fsp3) is 0.417. The number of aromatic nitrogens is 3. The molecular weight excluding hydrogens is 264 g/mol. The smallest absolute Gasteiger partial charge is 0.206 e. The van der Waals surface area contributed by atoms with Crippen LogP contribution in [0.15, 0.2) is 24.4 Å². The molecule has 4 nitrogen and oxygen atoms in total. The number of rotatable bonds is 5. The third-order valence-corrected chi connectivity index (χ3v) is 5.43. The topological polar surface area (TPSA) is 50.7 Å². The number of nitrogens with one attached hydrogen (secondary N) is 1. The van der Waals surface area contributed by atoms with Crippen LogP contribution in [0.5, 0.6) is 0 Å². The second-order valence-electron chi connectivity index (χ2n) is 4.37. The Balaban J connectivity index is 1.67. The van der Waals surface area contributed by atoms with Crippen molar-refractivity contribution in [2.24, 2.45) is 0 Å². The van der Waals surface area contributed by atoms with Gasteiger partial charge in [0.2, 0.25) is 5.13 Å². The number of thioether (sulfide) groups is 1. The lowest BCUT2D eigenvalue weighted by atomic mass is 10.4. The molecule has 0 spiro atoms. The van der Waals surface area contributed by atoms with E-state index in [0.29, 0.717) is 4.75 Å². The molecule has 0 bridgehead atoms. The van der Waals surface area contributed by atoms with Gasteiger partial charge in [-0.3, -0.25) is 4.98 Å². The molecule has 1 fully saturated rings. The zero-order valence-corrected chi connectivity index (χ0v) is 11.7. The van der Waals surface area contributed by atoms with Gasteiger partial charge < -0.3 is 5.32 Å². The molecule has 1 aliphatic carbocycles.